The molecular weight excluding hydrogens is 186 g/mol. The summed E-state index contributed by atoms with van der Waals surface area (Å²) in [6.45, 7) is 1.09. The van der Waals surface area contributed by atoms with Gasteiger partial charge in [-0.25, -0.2) is 0 Å². The third kappa shape index (κ3) is 2.93. The molecule has 0 atom stereocenters. The van der Waals surface area contributed by atoms with Gasteiger partial charge in [-0.2, -0.15) is 0 Å². The Labute approximate surface area is 82.0 Å². The quantitative estimate of drug-likeness (QED) is 0.454. The van der Waals surface area contributed by atoms with E-state index in [1.165, 1.54) is 17.1 Å². The van der Waals surface area contributed by atoms with Crippen LogP contribution in [-0.4, -0.2) is 48.2 Å². The molecule has 0 aliphatic carbocycles. The lowest BCUT2D eigenvalue weighted by Crippen LogP contribution is -2.31. The topological polar surface area (TPSA) is 66.8 Å². The molecule has 0 radical (unpaired) electrons. The smallest absolute Gasteiger partial charge is 0.253 e. The second-order valence-electron chi connectivity index (χ2n) is 2.85. The predicted molar refractivity (Wildman–Crippen MR) is 48.4 cm³/mol. The number of aliphatic hydroxyl groups is 1. The van der Waals surface area contributed by atoms with Crippen LogP contribution in [0.4, 0.5) is 0 Å². The van der Waals surface area contributed by atoms with Gasteiger partial charge in [0.1, 0.15) is 0 Å². The van der Waals surface area contributed by atoms with Crippen molar-refractivity contribution in [3.05, 3.63) is 12.2 Å². The summed E-state index contributed by atoms with van der Waals surface area (Å²) in [7, 11) is 0. The minimum absolute atomic E-state index is 0.0108. The number of ether oxygens (including phenoxy) is 1. The molecule has 0 aromatic rings. The fourth-order valence-corrected chi connectivity index (χ4v) is 1.14. The fraction of sp³-hybridized carbons (Fsp3) is 0.556. The largest absolute Gasteiger partial charge is 0.394 e. The second kappa shape index (κ2) is 5.51. The zero-order valence-corrected chi connectivity index (χ0v) is 7.81. The highest BCUT2D eigenvalue weighted by molar-refractivity contribution is 6.12. The normalized spacial score (nSPS) is 15.6. The fourth-order valence-electron chi connectivity index (χ4n) is 1.14. The van der Waals surface area contributed by atoms with Gasteiger partial charge >= 0.3 is 0 Å². The van der Waals surface area contributed by atoms with Crippen molar-refractivity contribution in [2.45, 2.75) is 6.42 Å². The number of carbonyl (C=O) groups is 2. The lowest BCUT2D eigenvalue weighted by atomic mass is 10.4. The van der Waals surface area contributed by atoms with Crippen LogP contribution in [0.25, 0.3) is 0 Å². The Morgan fingerprint density at radius 1 is 1.21 bits per heavy atom. The van der Waals surface area contributed by atoms with Crippen molar-refractivity contribution in [1.29, 1.82) is 0 Å². The molecule has 1 heterocycles. The van der Waals surface area contributed by atoms with Gasteiger partial charge in [-0.05, 0) is 6.42 Å². The number of nitrogens with zero attached hydrogens (tertiary/aromatic N) is 1. The molecule has 0 bridgehead atoms. The van der Waals surface area contributed by atoms with Crippen molar-refractivity contribution in [2.75, 3.05) is 26.4 Å². The van der Waals surface area contributed by atoms with Crippen molar-refractivity contribution in [2.24, 2.45) is 0 Å². The van der Waals surface area contributed by atoms with Crippen molar-refractivity contribution in [3.63, 3.8) is 0 Å². The van der Waals surface area contributed by atoms with Crippen molar-refractivity contribution < 1.29 is 19.4 Å². The summed E-state index contributed by atoms with van der Waals surface area (Å²) in [5.74, 6) is -0.533. The number of rotatable bonds is 6. The monoisotopic (exact) mass is 199 g/mol. The molecule has 0 spiro atoms. The van der Waals surface area contributed by atoms with Crippen molar-refractivity contribution >= 4 is 11.8 Å². The van der Waals surface area contributed by atoms with Gasteiger partial charge in [0.05, 0.1) is 13.2 Å². The van der Waals surface area contributed by atoms with Crippen LogP contribution in [0.1, 0.15) is 6.42 Å². The molecule has 2 amide bonds. The predicted octanol–water partition coefficient (Wildman–Crippen LogP) is -0.690. The van der Waals surface area contributed by atoms with Crippen LogP contribution in [0.15, 0.2) is 12.2 Å². The Bertz CT molecular complexity index is 231. The number of carbonyl (C=O) groups excluding carboxylic acids is 2. The summed E-state index contributed by atoms with van der Waals surface area (Å²) in [5.41, 5.74) is 0. The molecule has 14 heavy (non-hydrogen) atoms. The lowest BCUT2D eigenvalue weighted by molar-refractivity contribution is -0.136. The van der Waals surface area contributed by atoms with Gasteiger partial charge in [-0.3, -0.25) is 14.5 Å². The van der Waals surface area contributed by atoms with E-state index in [0.717, 1.165) is 0 Å². The van der Waals surface area contributed by atoms with Gasteiger partial charge in [0.25, 0.3) is 11.8 Å². The molecule has 78 valence electrons. The molecule has 1 aliphatic heterocycles. The maximum absolute atomic E-state index is 11.0. The lowest BCUT2D eigenvalue weighted by Gasteiger charge is -2.12. The Kier molecular flexibility index (Phi) is 4.28. The van der Waals surface area contributed by atoms with Crippen LogP contribution in [0.2, 0.25) is 0 Å². The van der Waals surface area contributed by atoms with E-state index in [9.17, 15) is 9.59 Å². The minimum atomic E-state index is -0.267. The third-order valence-electron chi connectivity index (χ3n) is 1.81. The molecule has 0 unspecified atom stereocenters. The molecule has 1 N–H and O–H groups in total. The SMILES string of the molecule is O=C1C=CC(=O)N1CCCOCCO. The van der Waals surface area contributed by atoms with Crippen molar-refractivity contribution in [3.8, 4) is 0 Å². The summed E-state index contributed by atoms with van der Waals surface area (Å²) in [6.07, 6.45) is 3.12. The van der Waals surface area contributed by atoms with Gasteiger partial charge in [0.15, 0.2) is 0 Å². The highest BCUT2D eigenvalue weighted by atomic mass is 16.5. The van der Waals surface area contributed by atoms with Crippen LogP contribution in [0, 0.1) is 0 Å². The van der Waals surface area contributed by atoms with E-state index in [1.807, 2.05) is 0 Å². The van der Waals surface area contributed by atoms with Gasteiger partial charge in [0.2, 0.25) is 0 Å². The molecule has 1 rings (SSSR count). The first kappa shape index (κ1) is 10.9. The van der Waals surface area contributed by atoms with Crippen LogP contribution in [0.3, 0.4) is 0 Å². The standard InChI is InChI=1S/C9H13NO4/c11-5-7-14-6-1-4-10-8(12)2-3-9(10)13/h2-3,11H,1,4-7H2. The van der Waals surface area contributed by atoms with E-state index >= 15 is 0 Å². The first-order valence-corrected chi connectivity index (χ1v) is 4.48. The van der Waals surface area contributed by atoms with Crippen LogP contribution in [-0.2, 0) is 14.3 Å². The summed E-state index contributed by atoms with van der Waals surface area (Å²) in [4.78, 5) is 23.3. The maximum atomic E-state index is 11.0. The van der Waals surface area contributed by atoms with Gasteiger partial charge in [0, 0.05) is 25.3 Å². The molecule has 0 saturated heterocycles. The minimum Gasteiger partial charge on any atom is -0.394 e. The summed E-state index contributed by atoms with van der Waals surface area (Å²) in [5, 5.41) is 8.41. The summed E-state index contributed by atoms with van der Waals surface area (Å²) >= 11 is 0. The van der Waals surface area contributed by atoms with E-state index in [0.29, 0.717) is 26.2 Å². The van der Waals surface area contributed by atoms with E-state index in [2.05, 4.69) is 0 Å². The Hall–Kier alpha value is -1.20. The molecule has 5 heteroatoms. The average Bonchev–Trinajstić information content (AvgIpc) is 2.48. The van der Waals surface area contributed by atoms with Crippen molar-refractivity contribution in [1.82, 2.24) is 4.90 Å². The molecule has 0 fully saturated rings. The Morgan fingerprint density at radius 2 is 1.86 bits per heavy atom. The second-order valence-corrected chi connectivity index (χ2v) is 2.85. The zero-order valence-electron chi connectivity index (χ0n) is 7.81. The molecule has 0 saturated carbocycles. The maximum Gasteiger partial charge on any atom is 0.253 e. The van der Waals surface area contributed by atoms with E-state index in [4.69, 9.17) is 9.84 Å². The van der Waals surface area contributed by atoms with E-state index < -0.39 is 0 Å². The Morgan fingerprint density at radius 3 is 2.43 bits per heavy atom. The number of hydrogen-bond acceptors (Lipinski definition) is 4. The molecule has 5 nitrogen and oxygen atoms in total. The van der Waals surface area contributed by atoms with Gasteiger partial charge in [-0.15, -0.1) is 0 Å². The first-order valence-electron chi connectivity index (χ1n) is 4.48. The first-order chi connectivity index (χ1) is 6.75. The molecule has 0 aromatic carbocycles. The average molecular weight is 199 g/mol. The number of amides is 2. The molecule has 1 aliphatic rings. The van der Waals surface area contributed by atoms with Gasteiger partial charge in [-0.1, -0.05) is 0 Å². The van der Waals surface area contributed by atoms with Crippen LogP contribution < -0.4 is 0 Å². The molecule has 0 aromatic heterocycles. The van der Waals surface area contributed by atoms with E-state index in [-0.39, 0.29) is 18.4 Å². The van der Waals surface area contributed by atoms with Gasteiger partial charge < -0.3 is 9.84 Å². The summed E-state index contributed by atoms with van der Waals surface area (Å²) in [6, 6.07) is 0. The number of imide groups is 1. The summed E-state index contributed by atoms with van der Waals surface area (Å²) < 4.78 is 4.99. The van der Waals surface area contributed by atoms with Crippen LogP contribution >= 0.6 is 0 Å². The highest BCUT2D eigenvalue weighted by Gasteiger charge is 2.22. The number of hydrogen-bond donors (Lipinski definition) is 1. The molecular formula is C9H13NO4. The number of aliphatic hydroxyl groups excluding tert-OH is 1. The van der Waals surface area contributed by atoms with E-state index in [1.54, 1.807) is 0 Å². The third-order valence-corrected chi connectivity index (χ3v) is 1.81. The van der Waals surface area contributed by atoms with Crippen LogP contribution in [0.5, 0.6) is 0 Å². The Balaban J connectivity index is 2.13. The highest BCUT2D eigenvalue weighted by Crippen LogP contribution is 2.03. The zero-order chi connectivity index (χ0) is 10.4.